The smallest absolute Gasteiger partial charge is 0.211 e. The third kappa shape index (κ3) is 6.52. The van der Waals surface area contributed by atoms with Crippen molar-refractivity contribution in [3.8, 4) is 5.75 Å². The van der Waals surface area contributed by atoms with E-state index in [4.69, 9.17) is 13.6 Å². The van der Waals surface area contributed by atoms with Crippen LogP contribution in [0, 0.1) is 5.41 Å². The minimum Gasteiger partial charge on any atom is -0.487 e. The molecule has 1 N–H and O–H groups in total. The maximum Gasteiger partial charge on any atom is 0.211 e. The molecular formula is C22H32BrNO4Si2. The van der Waals surface area contributed by atoms with E-state index in [1.807, 2.05) is 42.5 Å². The van der Waals surface area contributed by atoms with E-state index in [0.717, 1.165) is 16.5 Å². The monoisotopic (exact) mass is 509 g/mol. The van der Waals surface area contributed by atoms with Crippen molar-refractivity contribution in [1.29, 1.82) is 0 Å². The van der Waals surface area contributed by atoms with Gasteiger partial charge in [0.05, 0.1) is 5.69 Å². The molecule has 0 saturated carbocycles. The molecule has 0 aliphatic heterocycles. The number of benzene rings is 2. The zero-order chi connectivity index (χ0) is 22.0. The Bertz CT molecular complexity index is 786. The zero-order valence-electron chi connectivity index (χ0n) is 18.2. The van der Waals surface area contributed by atoms with E-state index < -0.39 is 19.5 Å². The van der Waals surface area contributed by atoms with Gasteiger partial charge in [0.1, 0.15) is 18.6 Å². The molecule has 30 heavy (non-hydrogen) atoms. The van der Waals surface area contributed by atoms with Crippen LogP contribution in [-0.4, -0.2) is 37.6 Å². The summed E-state index contributed by atoms with van der Waals surface area (Å²) in [5.41, 5.74) is 2.59. The van der Waals surface area contributed by atoms with Crippen molar-refractivity contribution in [2.45, 2.75) is 45.8 Å². The van der Waals surface area contributed by atoms with Gasteiger partial charge in [-0.3, -0.25) is 4.79 Å². The Kier molecular flexibility index (Phi) is 10.3. The molecule has 0 fully saturated rings. The summed E-state index contributed by atoms with van der Waals surface area (Å²) in [6.45, 7) is 9.05. The molecule has 0 aliphatic rings. The number of halogens is 1. The van der Waals surface area contributed by atoms with Gasteiger partial charge in [0.15, 0.2) is 19.5 Å². The molecule has 164 valence electrons. The fraction of sp³-hybridized carbons (Fsp3) is 0.409. The number of nitrogens with one attached hydrogen (secondary N) is 1. The lowest BCUT2D eigenvalue weighted by atomic mass is 9.75. The van der Waals surface area contributed by atoms with Crippen molar-refractivity contribution in [2.24, 2.45) is 5.41 Å². The highest BCUT2D eigenvalue weighted by atomic mass is 79.9. The number of rotatable bonds is 13. The number of hydrogen-bond donors (Lipinski definition) is 1. The van der Waals surface area contributed by atoms with Gasteiger partial charge in [-0.15, -0.1) is 0 Å². The van der Waals surface area contributed by atoms with Crippen molar-refractivity contribution < 1.29 is 18.4 Å². The molecule has 8 heteroatoms. The van der Waals surface area contributed by atoms with Crippen molar-refractivity contribution in [1.82, 2.24) is 0 Å². The van der Waals surface area contributed by atoms with E-state index in [9.17, 15) is 4.79 Å². The fourth-order valence-corrected chi connectivity index (χ4v) is 6.52. The molecule has 0 bridgehead atoms. The van der Waals surface area contributed by atoms with Crippen molar-refractivity contribution >= 4 is 47.6 Å². The third-order valence-electron chi connectivity index (χ3n) is 5.15. The van der Waals surface area contributed by atoms with Crippen LogP contribution in [0.2, 0.25) is 13.1 Å². The van der Waals surface area contributed by atoms with Crippen LogP contribution >= 0.6 is 15.9 Å². The predicted molar refractivity (Wildman–Crippen MR) is 132 cm³/mol. The molecule has 1 unspecified atom stereocenters. The van der Waals surface area contributed by atoms with Crippen molar-refractivity contribution in [3.05, 3.63) is 59.7 Å². The number of anilines is 1. The summed E-state index contributed by atoms with van der Waals surface area (Å²) in [5.74, 6) is 0.783. The lowest BCUT2D eigenvalue weighted by molar-refractivity contribution is -0.105. The second kappa shape index (κ2) is 12.4. The van der Waals surface area contributed by atoms with E-state index in [2.05, 4.69) is 54.3 Å². The average Bonchev–Trinajstić information content (AvgIpc) is 2.74. The fourth-order valence-electron chi connectivity index (χ4n) is 3.46. The van der Waals surface area contributed by atoms with Gasteiger partial charge in [-0.2, -0.15) is 0 Å². The third-order valence-corrected chi connectivity index (χ3v) is 7.07. The summed E-state index contributed by atoms with van der Waals surface area (Å²) >= 11 is 3.69. The van der Waals surface area contributed by atoms with Crippen LogP contribution in [0.3, 0.4) is 0 Å². The first-order valence-corrected chi connectivity index (χ1v) is 15.4. The maximum atomic E-state index is 11.2. The van der Waals surface area contributed by atoms with Crippen LogP contribution in [0.5, 0.6) is 5.75 Å². The number of amides is 1. The zero-order valence-corrected chi connectivity index (χ0v) is 22.6. The molecule has 2 rings (SSSR count). The second-order valence-electron chi connectivity index (χ2n) is 7.56. The summed E-state index contributed by atoms with van der Waals surface area (Å²) in [6, 6.07) is 15.9. The van der Waals surface area contributed by atoms with Crippen LogP contribution in [0.4, 0.5) is 5.69 Å². The largest absolute Gasteiger partial charge is 0.487 e. The molecule has 5 nitrogen and oxygen atoms in total. The van der Waals surface area contributed by atoms with Crippen LogP contribution in [-0.2, 0) is 20.3 Å². The van der Waals surface area contributed by atoms with Gasteiger partial charge >= 0.3 is 0 Å². The molecule has 0 aliphatic carbocycles. The topological polar surface area (TPSA) is 56.8 Å². The quantitative estimate of drug-likeness (QED) is 0.192. The molecular weight excluding hydrogens is 478 g/mol. The predicted octanol–water partition coefficient (Wildman–Crippen LogP) is 3.96. The van der Waals surface area contributed by atoms with Gasteiger partial charge in [-0.05, 0) is 23.3 Å². The maximum absolute atomic E-state index is 11.2. The Hall–Kier alpha value is -1.46. The second-order valence-corrected chi connectivity index (χ2v) is 10.0. The van der Waals surface area contributed by atoms with E-state index in [1.54, 1.807) is 0 Å². The Morgan fingerprint density at radius 3 is 2.33 bits per heavy atom. The molecule has 1 atom stereocenters. The van der Waals surface area contributed by atoms with Gasteiger partial charge in [0.25, 0.3) is 0 Å². The summed E-state index contributed by atoms with van der Waals surface area (Å²) in [4.78, 5) is 11.2. The normalized spacial score (nSPS) is 14.3. The molecule has 2 aromatic rings. The first-order chi connectivity index (χ1) is 14.5. The van der Waals surface area contributed by atoms with Crippen molar-refractivity contribution in [3.63, 3.8) is 0 Å². The molecule has 0 aromatic heterocycles. The Morgan fingerprint density at radius 1 is 1.10 bits per heavy atom. The van der Waals surface area contributed by atoms with Gasteiger partial charge in [-0.25, -0.2) is 0 Å². The van der Waals surface area contributed by atoms with Gasteiger partial charge in [-0.1, -0.05) is 79.3 Å². The number of ether oxygens (including phenoxy) is 1. The molecule has 0 spiro atoms. The summed E-state index contributed by atoms with van der Waals surface area (Å²) in [5, 5.41) is 3.55. The van der Waals surface area contributed by atoms with Gasteiger partial charge in [0.2, 0.25) is 6.41 Å². The summed E-state index contributed by atoms with van der Waals surface area (Å²) in [6.07, 6.45) is 0.466. The summed E-state index contributed by atoms with van der Waals surface area (Å²) < 4.78 is 18.1. The van der Waals surface area contributed by atoms with Crippen LogP contribution < -0.4 is 10.1 Å². The molecule has 0 heterocycles. The molecule has 0 radical (unpaired) electrons. The van der Waals surface area contributed by atoms with E-state index in [0.29, 0.717) is 24.5 Å². The highest BCUT2D eigenvalue weighted by Gasteiger charge is 2.39. The van der Waals surface area contributed by atoms with Crippen LogP contribution in [0.25, 0.3) is 0 Å². The van der Waals surface area contributed by atoms with Gasteiger partial charge in [0, 0.05) is 16.7 Å². The number of hydrogen-bond acceptors (Lipinski definition) is 4. The summed E-state index contributed by atoms with van der Waals surface area (Å²) in [7, 11) is -1.21. The Labute approximate surface area is 192 Å². The molecule has 1 amide bonds. The van der Waals surface area contributed by atoms with Crippen LogP contribution in [0.15, 0.2) is 48.5 Å². The number of carbonyl (C=O) groups is 1. The average molecular weight is 511 g/mol. The van der Waals surface area contributed by atoms with Gasteiger partial charge < -0.3 is 18.9 Å². The molecule has 0 saturated heterocycles. The first kappa shape index (κ1) is 24.8. The minimum atomic E-state index is -0.605. The van der Waals surface area contributed by atoms with Crippen LogP contribution in [0.1, 0.15) is 30.9 Å². The van der Waals surface area contributed by atoms with E-state index >= 15 is 0 Å². The molecule has 2 aromatic carbocycles. The van der Waals surface area contributed by atoms with Crippen molar-refractivity contribution in [2.75, 3.05) is 10.6 Å². The lowest BCUT2D eigenvalue weighted by Gasteiger charge is -2.40. The van der Waals surface area contributed by atoms with E-state index in [1.165, 1.54) is 0 Å². The lowest BCUT2D eigenvalue weighted by Crippen LogP contribution is -2.41. The highest BCUT2D eigenvalue weighted by Crippen LogP contribution is 2.43. The Balaban J connectivity index is 2.30. The standard InChI is InChI=1S/C22H32BrNO4Si2/c1-22(2,21(27-29-3)28-30-4)18(13-23)17-10-11-20(19(12-17)24-15-25)26-14-16-8-6-5-7-9-16/h5-12,15,18,21H,13-14,29-30H2,1-4H3,(H,24,25). The number of carbonyl (C=O) groups excluding carboxylic acids is 1. The first-order valence-electron chi connectivity index (χ1n) is 10.3. The Morgan fingerprint density at radius 2 is 1.77 bits per heavy atom. The number of alkyl halides is 1. The highest BCUT2D eigenvalue weighted by molar-refractivity contribution is 9.09. The SMILES string of the molecule is C[SiH2]OC(O[SiH2]C)C(C)(C)C(CBr)c1ccc(OCc2ccccc2)c(NC=O)c1. The minimum absolute atomic E-state index is 0.138. The van der Waals surface area contributed by atoms with E-state index in [-0.39, 0.29) is 17.6 Å².